The average molecular weight is 720 g/mol. The first-order valence-electron chi connectivity index (χ1n) is 13.8. The van der Waals surface area contributed by atoms with Gasteiger partial charge in [-0.3, -0.25) is 9.59 Å². The maximum Gasteiger partial charge on any atom is 0.455 e. The average Bonchev–Trinajstić information content (AvgIpc) is 3.69. The molecule has 2 heterocycles. The fourth-order valence-corrected chi connectivity index (χ4v) is 5.16. The van der Waals surface area contributed by atoms with Crippen LogP contribution in [0.4, 0.5) is 27.6 Å². The molecular formula is C30H20Cl2F5N9O3. The number of tetrazole rings is 1. The normalized spacial score (nSPS) is 11.3. The van der Waals surface area contributed by atoms with Crippen LogP contribution in [-0.2, 0) is 19.3 Å². The quantitative estimate of drug-likeness (QED) is 0.162. The number of nitriles is 1. The number of alkyl halides is 5. The second-order valence-electron chi connectivity index (χ2n) is 10.1. The predicted molar refractivity (Wildman–Crippen MR) is 164 cm³/mol. The number of para-hydroxylation sites is 2. The summed E-state index contributed by atoms with van der Waals surface area (Å²) in [7, 11) is 0. The Morgan fingerprint density at radius 3 is 2.39 bits per heavy atom. The number of halogens is 7. The van der Waals surface area contributed by atoms with Gasteiger partial charge in [0, 0.05) is 12.1 Å². The first-order valence-corrected chi connectivity index (χ1v) is 14.6. The molecule has 0 saturated carbocycles. The first-order chi connectivity index (χ1) is 23.2. The van der Waals surface area contributed by atoms with Crippen molar-refractivity contribution < 1.29 is 36.3 Å². The number of anilines is 1. The summed E-state index contributed by atoms with van der Waals surface area (Å²) < 4.78 is 70.5. The number of amides is 2. The molecule has 252 valence electrons. The summed E-state index contributed by atoms with van der Waals surface area (Å²) in [5.41, 5.74) is 0.289. The molecule has 12 nitrogen and oxygen atoms in total. The Morgan fingerprint density at radius 1 is 1.02 bits per heavy atom. The molecule has 49 heavy (non-hydrogen) atoms. The van der Waals surface area contributed by atoms with Crippen LogP contribution in [0.15, 0.2) is 60.7 Å². The molecule has 5 rings (SSSR count). The van der Waals surface area contributed by atoms with E-state index in [1.807, 2.05) is 6.07 Å². The number of benzene rings is 3. The Morgan fingerprint density at radius 2 is 1.73 bits per heavy atom. The predicted octanol–water partition coefficient (Wildman–Crippen LogP) is 6.20. The second kappa shape index (κ2) is 14.3. The van der Waals surface area contributed by atoms with Crippen LogP contribution in [0.2, 0.25) is 10.0 Å². The van der Waals surface area contributed by atoms with E-state index in [9.17, 15) is 36.8 Å². The van der Waals surface area contributed by atoms with Crippen molar-refractivity contribution in [1.29, 1.82) is 5.26 Å². The molecule has 2 aromatic heterocycles. The van der Waals surface area contributed by atoms with Gasteiger partial charge in [0.2, 0.25) is 0 Å². The molecule has 5 aromatic rings. The lowest BCUT2D eigenvalue weighted by atomic mass is 10.0. The highest BCUT2D eigenvalue weighted by atomic mass is 35.5. The number of carbonyl (C=O) groups is 2. The lowest BCUT2D eigenvalue weighted by Crippen LogP contribution is -2.26. The lowest BCUT2D eigenvalue weighted by Gasteiger charge is -2.16. The Hall–Kier alpha value is -5.60. The van der Waals surface area contributed by atoms with Crippen LogP contribution in [0.1, 0.15) is 49.1 Å². The van der Waals surface area contributed by atoms with Crippen molar-refractivity contribution in [2.45, 2.75) is 32.8 Å². The maximum absolute atomic E-state index is 13.9. The van der Waals surface area contributed by atoms with Crippen LogP contribution in [0.25, 0.3) is 5.69 Å². The molecule has 2 N–H and O–H groups in total. The standard InChI is InChI=1S/C30H20Cl2F5N9O3/c1-15-9-16(12-38)10-19(26(47)39-13-17-5-2-3-8-23(17)49-29(33)34)24(15)40-27(48)22-11-18(14-45-43-28(41-44-45)30(35,36)37)42-46(22)25-20(31)6-4-7-21(25)32/h2-11,29H,13-14H2,1H3,(H,39,47)(H,40,48). The maximum atomic E-state index is 13.9. The largest absolute Gasteiger partial charge is 0.455 e. The van der Waals surface area contributed by atoms with Crippen molar-refractivity contribution >= 4 is 40.7 Å². The minimum atomic E-state index is -4.85. The van der Waals surface area contributed by atoms with Gasteiger partial charge in [-0.05, 0) is 54.1 Å². The highest BCUT2D eigenvalue weighted by Crippen LogP contribution is 2.31. The summed E-state index contributed by atoms with van der Waals surface area (Å²) in [4.78, 5) is 28.0. The van der Waals surface area contributed by atoms with Gasteiger partial charge in [-0.1, -0.05) is 47.5 Å². The van der Waals surface area contributed by atoms with Crippen LogP contribution >= 0.6 is 23.2 Å². The van der Waals surface area contributed by atoms with Gasteiger partial charge in [0.05, 0.1) is 38.6 Å². The third-order valence-electron chi connectivity index (χ3n) is 6.73. The molecule has 0 atom stereocenters. The minimum Gasteiger partial charge on any atom is -0.434 e. The summed E-state index contributed by atoms with van der Waals surface area (Å²) in [5, 5.41) is 28.9. The smallest absolute Gasteiger partial charge is 0.434 e. The van der Waals surface area contributed by atoms with Crippen LogP contribution in [-0.4, -0.2) is 48.4 Å². The van der Waals surface area contributed by atoms with Crippen LogP contribution in [0, 0.1) is 18.3 Å². The topological polar surface area (TPSA) is 153 Å². The number of aromatic nitrogens is 6. The van der Waals surface area contributed by atoms with Gasteiger partial charge >= 0.3 is 12.8 Å². The molecule has 0 unspecified atom stereocenters. The first kappa shape index (κ1) is 34.7. The molecule has 0 saturated heterocycles. The molecule has 0 fully saturated rings. The fourth-order valence-electron chi connectivity index (χ4n) is 4.61. The van der Waals surface area contributed by atoms with Gasteiger partial charge in [0.15, 0.2) is 0 Å². The number of aryl methyl sites for hydroxylation is 1. The van der Waals surface area contributed by atoms with E-state index in [-0.39, 0.29) is 61.8 Å². The summed E-state index contributed by atoms with van der Waals surface area (Å²) in [5.74, 6) is -3.28. The van der Waals surface area contributed by atoms with E-state index < -0.39 is 37.0 Å². The van der Waals surface area contributed by atoms with E-state index in [0.29, 0.717) is 10.4 Å². The molecule has 0 aliphatic carbocycles. The van der Waals surface area contributed by atoms with Gasteiger partial charge in [0.25, 0.3) is 17.6 Å². The number of hydrogen-bond donors (Lipinski definition) is 2. The SMILES string of the molecule is Cc1cc(C#N)cc(C(=O)NCc2ccccc2OC(F)F)c1NC(=O)c1cc(Cn2nnc(C(F)(F)F)n2)nn1-c1c(Cl)cccc1Cl. The van der Waals surface area contributed by atoms with Crippen molar-refractivity contribution in [3.63, 3.8) is 0 Å². The number of hydrogen-bond acceptors (Lipinski definition) is 8. The van der Waals surface area contributed by atoms with Gasteiger partial charge < -0.3 is 15.4 Å². The monoisotopic (exact) mass is 719 g/mol. The molecule has 0 radical (unpaired) electrons. The van der Waals surface area contributed by atoms with Crippen molar-refractivity contribution in [2.75, 3.05) is 5.32 Å². The van der Waals surface area contributed by atoms with Gasteiger partial charge in [-0.2, -0.15) is 37.1 Å². The second-order valence-corrected chi connectivity index (χ2v) is 10.9. The van der Waals surface area contributed by atoms with Gasteiger partial charge in [-0.15, -0.1) is 10.2 Å². The van der Waals surface area contributed by atoms with Crippen LogP contribution in [0.3, 0.4) is 0 Å². The zero-order valence-electron chi connectivity index (χ0n) is 24.8. The van der Waals surface area contributed by atoms with Crippen LogP contribution < -0.4 is 15.4 Å². The number of carbonyl (C=O) groups excluding carboxylic acids is 2. The summed E-state index contributed by atoms with van der Waals surface area (Å²) in [6.45, 7) is -2.27. The Kier molecular flexibility index (Phi) is 10.1. The number of rotatable bonds is 10. The van der Waals surface area contributed by atoms with E-state index in [1.165, 1.54) is 55.5 Å². The van der Waals surface area contributed by atoms with Crippen LogP contribution in [0.5, 0.6) is 5.75 Å². The van der Waals surface area contributed by atoms with Crippen molar-refractivity contribution in [2.24, 2.45) is 0 Å². The minimum absolute atomic E-state index is 0.00598. The van der Waals surface area contributed by atoms with Gasteiger partial charge in [-0.25, -0.2) is 4.68 Å². The van der Waals surface area contributed by atoms with Gasteiger partial charge in [0.1, 0.15) is 23.7 Å². The zero-order valence-corrected chi connectivity index (χ0v) is 26.3. The molecule has 0 spiro atoms. The van der Waals surface area contributed by atoms with Crippen molar-refractivity contribution in [1.82, 2.24) is 35.3 Å². The molecule has 19 heteroatoms. The number of nitrogens with zero attached hydrogens (tertiary/aromatic N) is 7. The third kappa shape index (κ3) is 7.93. The molecule has 0 aliphatic heterocycles. The Bertz CT molecular complexity index is 2070. The molecule has 3 aromatic carbocycles. The molecular weight excluding hydrogens is 700 g/mol. The van der Waals surface area contributed by atoms with E-state index in [2.05, 4.69) is 35.9 Å². The van der Waals surface area contributed by atoms with Crippen molar-refractivity contribution in [3.8, 4) is 17.5 Å². The molecule has 0 aliphatic rings. The molecule has 2 amide bonds. The summed E-state index contributed by atoms with van der Waals surface area (Å²) >= 11 is 12.8. The van der Waals surface area contributed by atoms with E-state index in [4.69, 9.17) is 23.2 Å². The highest BCUT2D eigenvalue weighted by molar-refractivity contribution is 6.37. The number of nitrogens with one attached hydrogen (secondary N) is 2. The highest BCUT2D eigenvalue weighted by Gasteiger charge is 2.37. The summed E-state index contributed by atoms with van der Waals surface area (Å²) in [6, 6.07) is 16.1. The van der Waals surface area contributed by atoms with E-state index >= 15 is 0 Å². The zero-order chi connectivity index (χ0) is 35.5. The van der Waals surface area contributed by atoms with E-state index in [0.717, 1.165) is 4.68 Å². The third-order valence-corrected chi connectivity index (χ3v) is 7.34. The fraction of sp³-hybridized carbons (Fsp3) is 0.167. The Balaban J connectivity index is 1.50. The summed E-state index contributed by atoms with van der Waals surface area (Å²) in [6.07, 6.45) is -4.85. The lowest BCUT2D eigenvalue weighted by molar-refractivity contribution is -0.145. The van der Waals surface area contributed by atoms with Crippen molar-refractivity contribution in [3.05, 3.63) is 110 Å². The molecule has 0 bridgehead atoms. The Labute approximate surface area is 283 Å². The van der Waals surface area contributed by atoms with E-state index in [1.54, 1.807) is 12.1 Å². The number of ether oxygens (including phenoxy) is 1.